The molecule has 12 heteroatoms. The molecule has 116 valence electrons. The lowest BCUT2D eigenvalue weighted by Crippen LogP contribution is -2.21. The number of aromatic nitrogens is 2. The van der Waals surface area contributed by atoms with Crippen molar-refractivity contribution in [3.05, 3.63) is 23.1 Å². The number of anilines is 1. The van der Waals surface area contributed by atoms with Crippen molar-refractivity contribution in [2.75, 3.05) is 5.73 Å². The smallest absolute Gasteiger partial charge is 0.317 e. The predicted molar refractivity (Wildman–Crippen MR) is 85.9 cm³/mol. The molecule has 0 saturated carbocycles. The quantitative estimate of drug-likeness (QED) is 0.418. The highest BCUT2D eigenvalue weighted by Crippen LogP contribution is 2.27. The molecular weight excluding hydrogens is 328 g/mol. The van der Waals surface area contributed by atoms with Crippen LogP contribution in [0.25, 0.3) is 11.4 Å². The van der Waals surface area contributed by atoms with Gasteiger partial charge in [0.05, 0.1) is 6.21 Å². The van der Waals surface area contributed by atoms with Crippen molar-refractivity contribution in [2.45, 2.75) is 0 Å². The Balaban J connectivity index is 2.50. The number of thiazole rings is 1. The Morgan fingerprint density at radius 3 is 2.64 bits per heavy atom. The zero-order chi connectivity index (χ0) is 16.3. The standard InChI is InChI=1S/C10H12N8O2S2/c11-7-2-1-5(3-15-22(14,19)20)8(17-7)6-4-21-10(16-6)18-9(12)13/h1-4H,(H2,11,17)(H2,14,19,20)(H4,12,13,16,18)/b15-3+. The first kappa shape index (κ1) is 15.8. The molecule has 0 aromatic carbocycles. The van der Waals surface area contributed by atoms with Crippen LogP contribution in [0.1, 0.15) is 5.56 Å². The molecule has 0 atom stereocenters. The molecule has 0 fully saturated rings. The van der Waals surface area contributed by atoms with Gasteiger partial charge < -0.3 is 17.2 Å². The van der Waals surface area contributed by atoms with Gasteiger partial charge in [0.25, 0.3) is 0 Å². The van der Waals surface area contributed by atoms with Crippen molar-refractivity contribution < 1.29 is 8.42 Å². The van der Waals surface area contributed by atoms with Gasteiger partial charge in [0.1, 0.15) is 17.2 Å². The van der Waals surface area contributed by atoms with Crippen LogP contribution in [0, 0.1) is 0 Å². The summed E-state index contributed by atoms with van der Waals surface area (Å²) in [5, 5.41) is 6.81. The van der Waals surface area contributed by atoms with Crippen LogP contribution in [-0.4, -0.2) is 30.6 Å². The van der Waals surface area contributed by atoms with Crippen LogP contribution < -0.4 is 22.3 Å². The van der Waals surface area contributed by atoms with Gasteiger partial charge >= 0.3 is 10.2 Å². The first-order valence-corrected chi connectivity index (χ1v) is 8.03. The SMILES string of the molecule is NC(N)=Nc1nc(-c2nc(N)ccc2/C=N/S(N)(=O)=O)cs1. The summed E-state index contributed by atoms with van der Waals surface area (Å²) in [5.41, 5.74) is 17.3. The molecule has 0 aliphatic rings. The van der Waals surface area contributed by atoms with Crippen molar-refractivity contribution >= 4 is 44.7 Å². The van der Waals surface area contributed by atoms with Gasteiger partial charge in [-0.3, -0.25) is 0 Å². The van der Waals surface area contributed by atoms with Gasteiger partial charge in [-0.15, -0.1) is 11.3 Å². The summed E-state index contributed by atoms with van der Waals surface area (Å²) in [4.78, 5) is 12.1. The van der Waals surface area contributed by atoms with Crippen LogP contribution in [-0.2, 0) is 10.2 Å². The molecule has 2 heterocycles. The number of nitrogens with two attached hydrogens (primary N) is 4. The van der Waals surface area contributed by atoms with E-state index in [1.54, 1.807) is 11.4 Å². The van der Waals surface area contributed by atoms with Crippen LogP contribution in [0.5, 0.6) is 0 Å². The normalized spacial score (nSPS) is 11.7. The minimum absolute atomic E-state index is 0.127. The number of rotatable bonds is 4. The number of aliphatic imine (C=N–C) groups is 1. The van der Waals surface area contributed by atoms with E-state index in [0.717, 1.165) is 6.21 Å². The first-order chi connectivity index (χ1) is 10.2. The molecule has 0 aliphatic heterocycles. The van der Waals surface area contributed by atoms with E-state index in [9.17, 15) is 8.42 Å². The second-order valence-electron chi connectivity index (χ2n) is 3.98. The number of nitrogens with zero attached hydrogens (tertiary/aromatic N) is 4. The van der Waals surface area contributed by atoms with E-state index >= 15 is 0 Å². The van der Waals surface area contributed by atoms with Crippen molar-refractivity contribution in [3.8, 4) is 11.4 Å². The maximum absolute atomic E-state index is 10.9. The van der Waals surface area contributed by atoms with Gasteiger partial charge in [0.2, 0.25) is 5.13 Å². The summed E-state index contributed by atoms with van der Waals surface area (Å²) >= 11 is 1.18. The van der Waals surface area contributed by atoms with E-state index in [2.05, 4.69) is 19.4 Å². The maximum atomic E-state index is 10.9. The molecular formula is C10H12N8O2S2. The monoisotopic (exact) mass is 340 g/mol. The highest BCUT2D eigenvalue weighted by atomic mass is 32.2. The van der Waals surface area contributed by atoms with E-state index in [1.165, 1.54) is 17.4 Å². The third-order valence-electron chi connectivity index (χ3n) is 2.25. The van der Waals surface area contributed by atoms with Gasteiger partial charge in [-0.25, -0.2) is 15.1 Å². The minimum Gasteiger partial charge on any atom is -0.384 e. The number of pyridine rings is 1. The Hall–Kier alpha value is -2.57. The first-order valence-electron chi connectivity index (χ1n) is 5.65. The van der Waals surface area contributed by atoms with E-state index in [-0.39, 0.29) is 11.8 Å². The molecule has 2 aromatic heterocycles. The van der Waals surface area contributed by atoms with Crippen LogP contribution in [0.2, 0.25) is 0 Å². The lowest BCUT2D eigenvalue weighted by molar-refractivity contribution is 0.600. The molecule has 0 spiro atoms. The van der Waals surface area contributed by atoms with Crippen LogP contribution in [0.4, 0.5) is 10.9 Å². The Kier molecular flexibility index (Phi) is 4.35. The molecule has 0 unspecified atom stereocenters. The second kappa shape index (κ2) is 6.05. The third kappa shape index (κ3) is 4.21. The molecule has 10 nitrogen and oxygen atoms in total. The average Bonchev–Trinajstić information content (AvgIpc) is 2.83. The largest absolute Gasteiger partial charge is 0.384 e. The van der Waals surface area contributed by atoms with Gasteiger partial charge in [0, 0.05) is 10.9 Å². The number of hydrogen-bond acceptors (Lipinski definition) is 7. The Labute approximate surface area is 129 Å². The van der Waals surface area contributed by atoms with Crippen molar-refractivity contribution in [2.24, 2.45) is 26.0 Å². The van der Waals surface area contributed by atoms with Gasteiger partial charge in [-0.1, -0.05) is 0 Å². The Morgan fingerprint density at radius 2 is 2.00 bits per heavy atom. The fraction of sp³-hybridized carbons (Fsp3) is 0. The zero-order valence-corrected chi connectivity index (χ0v) is 12.7. The molecule has 0 radical (unpaired) electrons. The van der Waals surface area contributed by atoms with Gasteiger partial charge in [-0.2, -0.15) is 17.8 Å². The van der Waals surface area contributed by atoms with E-state index in [0.29, 0.717) is 22.1 Å². The molecule has 8 N–H and O–H groups in total. The molecule has 2 aromatic rings. The number of nitrogen functional groups attached to an aromatic ring is 1. The average molecular weight is 340 g/mol. The Bertz CT molecular complexity index is 852. The molecule has 0 aliphatic carbocycles. The van der Waals surface area contributed by atoms with E-state index in [1.807, 2.05) is 0 Å². The number of hydrogen-bond donors (Lipinski definition) is 4. The zero-order valence-electron chi connectivity index (χ0n) is 11.0. The molecule has 22 heavy (non-hydrogen) atoms. The molecule has 0 bridgehead atoms. The van der Waals surface area contributed by atoms with Crippen LogP contribution in [0.3, 0.4) is 0 Å². The van der Waals surface area contributed by atoms with E-state index in [4.69, 9.17) is 22.3 Å². The lowest BCUT2D eigenvalue weighted by Gasteiger charge is -2.02. The summed E-state index contributed by atoms with van der Waals surface area (Å²) in [6, 6.07) is 3.04. The highest BCUT2D eigenvalue weighted by molar-refractivity contribution is 7.87. The van der Waals surface area contributed by atoms with Crippen LogP contribution in [0.15, 0.2) is 26.9 Å². The van der Waals surface area contributed by atoms with Crippen molar-refractivity contribution in [3.63, 3.8) is 0 Å². The van der Waals surface area contributed by atoms with Crippen molar-refractivity contribution in [1.29, 1.82) is 0 Å². The summed E-state index contributed by atoms with van der Waals surface area (Å²) < 4.78 is 25.1. The minimum atomic E-state index is -4.00. The van der Waals surface area contributed by atoms with Gasteiger partial charge in [-0.05, 0) is 12.1 Å². The second-order valence-corrected chi connectivity index (χ2v) is 6.05. The molecule has 0 saturated heterocycles. The molecule has 0 amide bonds. The van der Waals surface area contributed by atoms with E-state index < -0.39 is 10.2 Å². The fourth-order valence-corrected chi connectivity index (χ4v) is 2.41. The third-order valence-corrected chi connectivity index (χ3v) is 3.38. The summed E-state index contributed by atoms with van der Waals surface area (Å²) in [5.74, 6) is 0.108. The predicted octanol–water partition coefficient (Wildman–Crippen LogP) is -0.685. The maximum Gasteiger partial charge on any atom is 0.317 e. The summed E-state index contributed by atoms with van der Waals surface area (Å²) in [6.07, 6.45) is 1.07. The highest BCUT2D eigenvalue weighted by Gasteiger charge is 2.11. The van der Waals surface area contributed by atoms with Crippen molar-refractivity contribution in [1.82, 2.24) is 9.97 Å². The van der Waals surface area contributed by atoms with Gasteiger partial charge in [0.15, 0.2) is 5.96 Å². The molecule has 2 rings (SSSR count). The summed E-state index contributed by atoms with van der Waals surface area (Å²) in [7, 11) is -4.00. The van der Waals surface area contributed by atoms with Crippen LogP contribution >= 0.6 is 11.3 Å². The lowest BCUT2D eigenvalue weighted by atomic mass is 10.1. The Morgan fingerprint density at radius 1 is 1.27 bits per heavy atom. The topological polar surface area (TPSA) is 189 Å². The number of guanidine groups is 1. The fourth-order valence-electron chi connectivity index (χ4n) is 1.46. The summed E-state index contributed by atoms with van der Waals surface area (Å²) in [6.45, 7) is 0.